The molecular weight excluding hydrogens is 350 g/mol. The van der Waals surface area contributed by atoms with Gasteiger partial charge in [0.05, 0.1) is 0 Å². The summed E-state index contributed by atoms with van der Waals surface area (Å²) in [4.78, 5) is 4.23. The van der Waals surface area contributed by atoms with Gasteiger partial charge in [-0.15, -0.1) is 18.2 Å². The summed E-state index contributed by atoms with van der Waals surface area (Å²) in [5, 5.41) is 0. The van der Waals surface area contributed by atoms with Crippen molar-refractivity contribution in [3.8, 4) is 11.3 Å². The molecule has 1 heterocycles. The summed E-state index contributed by atoms with van der Waals surface area (Å²) in [7, 11) is 0. The molecule has 1 aromatic carbocycles. The minimum atomic E-state index is 0. The van der Waals surface area contributed by atoms with Crippen molar-refractivity contribution < 1.29 is 20.1 Å². The molecule has 0 N–H and O–H groups in total. The van der Waals surface area contributed by atoms with Crippen LogP contribution in [0.25, 0.3) is 11.3 Å². The molecule has 0 saturated heterocycles. The summed E-state index contributed by atoms with van der Waals surface area (Å²) in [5.41, 5.74) is 3.28. The fourth-order valence-corrected chi connectivity index (χ4v) is 1.28. The van der Waals surface area contributed by atoms with Gasteiger partial charge in [0.2, 0.25) is 0 Å². The zero-order valence-electron chi connectivity index (χ0n) is 7.82. The summed E-state index contributed by atoms with van der Waals surface area (Å²) < 4.78 is 0. The van der Waals surface area contributed by atoms with Crippen molar-refractivity contribution >= 4 is 0 Å². The Morgan fingerprint density at radius 2 is 2.07 bits per heavy atom. The molecule has 2 aromatic rings. The van der Waals surface area contributed by atoms with Gasteiger partial charge in [-0.1, -0.05) is 23.3 Å². The Labute approximate surface area is 97.6 Å². The SMILES string of the molecule is Cc1cccc(-c2[c-]cccn2)c1.[Ir+3]. The summed E-state index contributed by atoms with van der Waals surface area (Å²) in [5.74, 6) is 0. The van der Waals surface area contributed by atoms with Crippen LogP contribution >= 0.6 is 0 Å². The predicted molar refractivity (Wildman–Crippen MR) is 53.2 cm³/mol. The van der Waals surface area contributed by atoms with Gasteiger partial charge in [0.25, 0.3) is 0 Å². The van der Waals surface area contributed by atoms with Gasteiger partial charge in [0.1, 0.15) is 0 Å². The van der Waals surface area contributed by atoms with Crippen molar-refractivity contribution in [3.63, 3.8) is 0 Å². The molecule has 0 radical (unpaired) electrons. The van der Waals surface area contributed by atoms with Gasteiger partial charge in [-0.25, -0.2) is 0 Å². The molecule has 0 atom stereocenters. The molecule has 0 aliphatic heterocycles. The largest absolute Gasteiger partial charge is 3.00 e. The van der Waals surface area contributed by atoms with Crippen LogP contribution in [0.15, 0.2) is 42.6 Å². The van der Waals surface area contributed by atoms with Crippen LogP contribution in [0.3, 0.4) is 0 Å². The van der Waals surface area contributed by atoms with Crippen LogP contribution in [0.4, 0.5) is 0 Å². The molecule has 2 rings (SSSR count). The predicted octanol–water partition coefficient (Wildman–Crippen LogP) is 2.85. The molecule has 0 fully saturated rings. The van der Waals surface area contributed by atoms with Crippen molar-refractivity contribution in [1.82, 2.24) is 4.98 Å². The number of benzene rings is 1. The summed E-state index contributed by atoms with van der Waals surface area (Å²) in [6, 6.07) is 15.1. The summed E-state index contributed by atoms with van der Waals surface area (Å²) in [6.45, 7) is 2.08. The Morgan fingerprint density at radius 1 is 1.21 bits per heavy atom. The maximum absolute atomic E-state index is 4.23. The summed E-state index contributed by atoms with van der Waals surface area (Å²) >= 11 is 0. The first kappa shape index (κ1) is 11.1. The Kier molecular flexibility index (Phi) is 3.99. The molecule has 14 heavy (non-hydrogen) atoms. The minimum Gasteiger partial charge on any atom is -0.296 e. The first-order valence-corrected chi connectivity index (χ1v) is 4.26. The van der Waals surface area contributed by atoms with Gasteiger partial charge < -0.3 is 0 Å². The number of aryl methyl sites for hydroxylation is 1. The van der Waals surface area contributed by atoms with E-state index in [9.17, 15) is 0 Å². The second kappa shape index (κ2) is 5.04. The number of aromatic nitrogens is 1. The van der Waals surface area contributed by atoms with Gasteiger partial charge in [-0.2, -0.15) is 12.1 Å². The van der Waals surface area contributed by atoms with Crippen LogP contribution < -0.4 is 0 Å². The minimum absolute atomic E-state index is 0. The Balaban J connectivity index is 0.000000980. The van der Waals surface area contributed by atoms with Crippen LogP contribution in [-0.2, 0) is 20.1 Å². The molecule has 70 valence electrons. The number of rotatable bonds is 1. The van der Waals surface area contributed by atoms with Crippen molar-refractivity contribution in [2.75, 3.05) is 0 Å². The monoisotopic (exact) mass is 361 g/mol. The molecule has 0 amide bonds. The standard InChI is InChI=1S/C12H10N.Ir/c1-10-5-4-6-11(9-10)12-7-2-3-8-13-12;/h2-6,8-9H,1H3;/q-1;+3. The molecule has 0 unspecified atom stereocenters. The van der Waals surface area contributed by atoms with Crippen molar-refractivity contribution in [1.29, 1.82) is 0 Å². The number of nitrogens with zero attached hydrogens (tertiary/aromatic N) is 1. The van der Waals surface area contributed by atoms with Crippen molar-refractivity contribution in [3.05, 3.63) is 54.2 Å². The van der Waals surface area contributed by atoms with E-state index in [4.69, 9.17) is 0 Å². The van der Waals surface area contributed by atoms with Gasteiger partial charge in [-0.05, 0) is 18.8 Å². The van der Waals surface area contributed by atoms with Crippen LogP contribution in [0.1, 0.15) is 5.56 Å². The van der Waals surface area contributed by atoms with E-state index in [0.29, 0.717) is 0 Å². The van der Waals surface area contributed by atoms with Gasteiger partial charge >= 0.3 is 20.1 Å². The second-order valence-corrected chi connectivity index (χ2v) is 3.00. The van der Waals surface area contributed by atoms with E-state index < -0.39 is 0 Å². The maximum Gasteiger partial charge on any atom is 3.00 e. The smallest absolute Gasteiger partial charge is 0.296 e. The Hall–Kier alpha value is -0.981. The van der Waals surface area contributed by atoms with Gasteiger partial charge in [-0.3, -0.25) is 4.98 Å². The fraction of sp³-hybridized carbons (Fsp3) is 0.0833. The average Bonchev–Trinajstić information content (AvgIpc) is 2.19. The first-order valence-electron chi connectivity index (χ1n) is 4.26. The second-order valence-electron chi connectivity index (χ2n) is 3.00. The maximum atomic E-state index is 4.23. The Morgan fingerprint density at radius 3 is 2.71 bits per heavy atom. The molecule has 0 bridgehead atoms. The third-order valence-corrected chi connectivity index (χ3v) is 1.90. The third-order valence-electron chi connectivity index (χ3n) is 1.90. The van der Waals surface area contributed by atoms with Crippen molar-refractivity contribution in [2.24, 2.45) is 0 Å². The van der Waals surface area contributed by atoms with E-state index in [-0.39, 0.29) is 20.1 Å². The number of hydrogen-bond acceptors (Lipinski definition) is 1. The van der Waals surface area contributed by atoms with Crippen LogP contribution in [0.2, 0.25) is 0 Å². The van der Waals surface area contributed by atoms with Crippen LogP contribution in [0.5, 0.6) is 0 Å². The van der Waals surface area contributed by atoms with E-state index in [2.05, 4.69) is 30.1 Å². The van der Waals surface area contributed by atoms with Crippen LogP contribution in [-0.4, -0.2) is 4.98 Å². The van der Waals surface area contributed by atoms with E-state index in [1.54, 1.807) is 6.20 Å². The number of hydrogen-bond donors (Lipinski definition) is 0. The molecular formula is C12H10IrN+2. The molecule has 1 aromatic heterocycles. The third kappa shape index (κ3) is 2.50. The average molecular weight is 360 g/mol. The topological polar surface area (TPSA) is 12.9 Å². The van der Waals surface area contributed by atoms with Crippen LogP contribution in [0, 0.1) is 13.0 Å². The van der Waals surface area contributed by atoms with E-state index in [1.165, 1.54) is 5.56 Å². The molecule has 0 aliphatic carbocycles. The first-order chi connectivity index (χ1) is 6.36. The summed E-state index contributed by atoms with van der Waals surface area (Å²) in [6.07, 6.45) is 1.79. The molecule has 0 aliphatic rings. The van der Waals surface area contributed by atoms with Crippen molar-refractivity contribution in [2.45, 2.75) is 6.92 Å². The molecule has 2 heteroatoms. The fourth-order valence-electron chi connectivity index (χ4n) is 1.28. The zero-order chi connectivity index (χ0) is 9.10. The normalized spacial score (nSPS) is 9.21. The van der Waals surface area contributed by atoms with E-state index >= 15 is 0 Å². The van der Waals surface area contributed by atoms with Gasteiger partial charge in [0, 0.05) is 0 Å². The molecule has 0 spiro atoms. The molecule has 1 nitrogen and oxygen atoms in total. The van der Waals surface area contributed by atoms with E-state index in [0.717, 1.165) is 11.3 Å². The number of pyridine rings is 1. The quantitative estimate of drug-likeness (QED) is 0.713. The molecule has 0 saturated carbocycles. The zero-order valence-corrected chi connectivity index (χ0v) is 10.2. The van der Waals surface area contributed by atoms with Gasteiger partial charge in [0.15, 0.2) is 0 Å². The Bertz CT molecular complexity index is 398. The van der Waals surface area contributed by atoms with E-state index in [1.807, 2.05) is 24.3 Å².